The average Bonchev–Trinajstić information content (AvgIpc) is 3.08. The molecule has 8 heteroatoms. The number of carbonyl (C=O) groups excluding carboxylic acids is 3. The molecule has 31 heavy (non-hydrogen) atoms. The molecule has 1 aliphatic heterocycles. The Hall–Kier alpha value is -3.68. The minimum atomic E-state index is -0.772. The molecule has 3 N–H and O–H groups in total. The summed E-state index contributed by atoms with van der Waals surface area (Å²) in [4.78, 5) is 41.9. The predicted molar refractivity (Wildman–Crippen MR) is 118 cm³/mol. The largest absolute Gasteiger partial charge is 0.349 e. The first-order chi connectivity index (χ1) is 14.9. The zero-order valence-corrected chi connectivity index (χ0v) is 17.5. The molecule has 0 radical (unpaired) electrons. The van der Waals surface area contributed by atoms with E-state index in [0.717, 1.165) is 16.9 Å². The fraction of sp³-hybridized carbons (Fsp3) is 0.304. The standard InChI is InChI=1S/C23H25N5O3/c1-14(2)28-19-10-6-5-9-17(19)25-20(28)13-24-21(29)12-11-18-23(31)26-16-8-4-3-7-15(16)22(30)27-18/h3-10,14,18H,11-13H2,1-2H3,(H,24,29)(H,26,31)(H,27,30)/t18-/m1/s1. The van der Waals surface area contributed by atoms with E-state index in [1.807, 2.05) is 24.3 Å². The van der Waals surface area contributed by atoms with Crippen LogP contribution in [0, 0.1) is 0 Å². The van der Waals surface area contributed by atoms with Crippen LogP contribution in [0.3, 0.4) is 0 Å². The van der Waals surface area contributed by atoms with Crippen molar-refractivity contribution in [2.24, 2.45) is 0 Å². The number of hydrogen-bond acceptors (Lipinski definition) is 4. The van der Waals surface area contributed by atoms with Crippen LogP contribution in [0.5, 0.6) is 0 Å². The summed E-state index contributed by atoms with van der Waals surface area (Å²) in [6, 6.07) is 14.1. The molecule has 0 bridgehead atoms. The van der Waals surface area contributed by atoms with Crippen molar-refractivity contribution in [3.8, 4) is 0 Å². The highest BCUT2D eigenvalue weighted by Gasteiger charge is 2.27. The Balaban J connectivity index is 1.37. The monoisotopic (exact) mass is 419 g/mol. The van der Waals surface area contributed by atoms with Crippen molar-refractivity contribution < 1.29 is 14.4 Å². The van der Waals surface area contributed by atoms with Gasteiger partial charge in [0.25, 0.3) is 5.91 Å². The maximum Gasteiger partial charge on any atom is 0.254 e. The Labute approximate surface area is 180 Å². The van der Waals surface area contributed by atoms with Crippen LogP contribution < -0.4 is 16.0 Å². The van der Waals surface area contributed by atoms with Crippen molar-refractivity contribution in [1.29, 1.82) is 0 Å². The second-order valence-corrected chi connectivity index (χ2v) is 7.86. The van der Waals surface area contributed by atoms with Crippen LogP contribution in [-0.2, 0) is 16.1 Å². The fourth-order valence-electron chi connectivity index (χ4n) is 3.85. The maximum absolute atomic E-state index is 12.5. The Kier molecular flexibility index (Phi) is 5.70. The van der Waals surface area contributed by atoms with Gasteiger partial charge in [0.2, 0.25) is 11.8 Å². The lowest BCUT2D eigenvalue weighted by Crippen LogP contribution is -2.42. The zero-order chi connectivity index (χ0) is 22.0. The van der Waals surface area contributed by atoms with Gasteiger partial charge in [-0.2, -0.15) is 0 Å². The van der Waals surface area contributed by atoms with Gasteiger partial charge in [-0.3, -0.25) is 14.4 Å². The van der Waals surface area contributed by atoms with Gasteiger partial charge < -0.3 is 20.5 Å². The minimum Gasteiger partial charge on any atom is -0.349 e. The van der Waals surface area contributed by atoms with E-state index in [2.05, 4.69) is 39.3 Å². The first-order valence-electron chi connectivity index (χ1n) is 10.4. The van der Waals surface area contributed by atoms with Crippen molar-refractivity contribution in [3.63, 3.8) is 0 Å². The Morgan fingerprint density at radius 1 is 1.13 bits per heavy atom. The summed E-state index contributed by atoms with van der Waals surface area (Å²) in [6.45, 7) is 4.44. The lowest BCUT2D eigenvalue weighted by atomic mass is 10.1. The number of hydrogen-bond donors (Lipinski definition) is 3. The number of nitrogens with zero attached hydrogens (tertiary/aromatic N) is 2. The molecule has 0 saturated heterocycles. The van der Waals surface area contributed by atoms with Crippen molar-refractivity contribution >= 4 is 34.4 Å². The van der Waals surface area contributed by atoms with Gasteiger partial charge >= 0.3 is 0 Å². The van der Waals surface area contributed by atoms with Crippen molar-refractivity contribution in [2.75, 3.05) is 5.32 Å². The second-order valence-electron chi connectivity index (χ2n) is 7.86. The molecule has 160 valence electrons. The van der Waals surface area contributed by atoms with E-state index >= 15 is 0 Å². The fourth-order valence-corrected chi connectivity index (χ4v) is 3.85. The number of aromatic nitrogens is 2. The first kappa shape index (κ1) is 20.6. The summed E-state index contributed by atoms with van der Waals surface area (Å²) in [5.41, 5.74) is 2.80. The van der Waals surface area contributed by atoms with Gasteiger partial charge in [0.1, 0.15) is 11.9 Å². The first-order valence-corrected chi connectivity index (χ1v) is 10.4. The number of rotatable bonds is 6. The number of amides is 3. The quantitative estimate of drug-likeness (QED) is 0.571. The predicted octanol–water partition coefficient (Wildman–Crippen LogP) is 2.76. The molecule has 3 aromatic rings. The van der Waals surface area contributed by atoms with Gasteiger partial charge in [0.05, 0.1) is 28.8 Å². The molecule has 0 fully saturated rings. The summed E-state index contributed by atoms with van der Waals surface area (Å²) >= 11 is 0. The molecule has 1 atom stereocenters. The third kappa shape index (κ3) is 4.28. The topological polar surface area (TPSA) is 105 Å². The minimum absolute atomic E-state index is 0.108. The molecular weight excluding hydrogens is 394 g/mol. The summed E-state index contributed by atoms with van der Waals surface area (Å²) < 4.78 is 2.10. The van der Waals surface area contributed by atoms with E-state index in [-0.39, 0.29) is 36.6 Å². The van der Waals surface area contributed by atoms with Gasteiger partial charge in [0, 0.05) is 12.5 Å². The molecule has 1 aromatic heterocycles. The van der Waals surface area contributed by atoms with Crippen LogP contribution >= 0.6 is 0 Å². The number of para-hydroxylation sites is 3. The number of anilines is 1. The van der Waals surface area contributed by atoms with Crippen molar-refractivity contribution in [1.82, 2.24) is 20.2 Å². The van der Waals surface area contributed by atoms with E-state index in [0.29, 0.717) is 17.8 Å². The van der Waals surface area contributed by atoms with Gasteiger partial charge in [0.15, 0.2) is 0 Å². The Bertz CT molecular complexity index is 1150. The van der Waals surface area contributed by atoms with E-state index < -0.39 is 6.04 Å². The summed E-state index contributed by atoms with van der Waals surface area (Å²) in [5, 5.41) is 8.35. The summed E-state index contributed by atoms with van der Waals surface area (Å²) in [6.07, 6.45) is 0.314. The molecule has 0 unspecified atom stereocenters. The lowest BCUT2D eigenvalue weighted by molar-refractivity contribution is -0.122. The van der Waals surface area contributed by atoms with Crippen LogP contribution in [0.15, 0.2) is 48.5 Å². The maximum atomic E-state index is 12.5. The van der Waals surface area contributed by atoms with E-state index in [1.165, 1.54) is 0 Å². The normalized spacial score (nSPS) is 15.9. The lowest BCUT2D eigenvalue weighted by Gasteiger charge is -2.15. The molecule has 2 aromatic carbocycles. The average molecular weight is 419 g/mol. The smallest absolute Gasteiger partial charge is 0.254 e. The molecule has 0 spiro atoms. The molecule has 0 saturated carbocycles. The highest BCUT2D eigenvalue weighted by Crippen LogP contribution is 2.21. The van der Waals surface area contributed by atoms with Crippen LogP contribution in [-0.4, -0.2) is 33.3 Å². The number of benzene rings is 2. The van der Waals surface area contributed by atoms with Gasteiger partial charge in [-0.1, -0.05) is 24.3 Å². The van der Waals surface area contributed by atoms with Crippen molar-refractivity contribution in [2.45, 2.75) is 45.3 Å². The summed E-state index contributed by atoms with van der Waals surface area (Å²) in [5.74, 6) is -0.0793. The molecule has 1 aliphatic rings. The Morgan fingerprint density at radius 2 is 1.87 bits per heavy atom. The molecule has 8 nitrogen and oxygen atoms in total. The van der Waals surface area contributed by atoms with E-state index in [4.69, 9.17) is 0 Å². The number of fused-ring (bicyclic) bond motifs is 2. The van der Waals surface area contributed by atoms with Crippen LogP contribution in [0.4, 0.5) is 5.69 Å². The van der Waals surface area contributed by atoms with Crippen LogP contribution in [0.2, 0.25) is 0 Å². The number of imidazole rings is 1. The van der Waals surface area contributed by atoms with Gasteiger partial charge in [-0.05, 0) is 44.5 Å². The third-order valence-corrected chi connectivity index (χ3v) is 5.34. The van der Waals surface area contributed by atoms with E-state index in [1.54, 1.807) is 24.3 Å². The second kappa shape index (κ2) is 8.59. The van der Waals surface area contributed by atoms with E-state index in [9.17, 15) is 14.4 Å². The highest BCUT2D eigenvalue weighted by atomic mass is 16.2. The molecule has 4 rings (SSSR count). The number of nitrogens with one attached hydrogen (secondary N) is 3. The molecular formula is C23H25N5O3. The molecule has 0 aliphatic carbocycles. The number of carbonyl (C=O) groups is 3. The highest BCUT2D eigenvalue weighted by molar-refractivity contribution is 6.09. The molecule has 2 heterocycles. The van der Waals surface area contributed by atoms with Crippen LogP contribution in [0.25, 0.3) is 11.0 Å². The SMILES string of the molecule is CC(C)n1c(CNC(=O)CC[C@H]2NC(=O)c3ccccc3NC2=O)nc2ccccc21. The Morgan fingerprint density at radius 3 is 2.68 bits per heavy atom. The zero-order valence-electron chi connectivity index (χ0n) is 17.5. The van der Waals surface area contributed by atoms with Crippen LogP contribution in [0.1, 0.15) is 48.9 Å². The third-order valence-electron chi connectivity index (χ3n) is 5.34. The van der Waals surface area contributed by atoms with Gasteiger partial charge in [-0.25, -0.2) is 4.98 Å². The molecule has 3 amide bonds. The van der Waals surface area contributed by atoms with Crippen molar-refractivity contribution in [3.05, 3.63) is 59.9 Å². The van der Waals surface area contributed by atoms with Gasteiger partial charge in [-0.15, -0.1) is 0 Å². The summed E-state index contributed by atoms with van der Waals surface area (Å²) in [7, 11) is 0.